The average molecular weight is 282 g/mol. The summed E-state index contributed by atoms with van der Waals surface area (Å²) in [6.45, 7) is 8.45. The standard InChI is InChI=1S/C18H22N2O/c1-13(14-9-11-19-12-10-14)20-17(21)15-5-7-16(8-6-15)18(2,3)4/h5-13H,1-4H3,(H,20,21)/t13-/m1/s1. The van der Waals surface area contributed by atoms with E-state index < -0.39 is 0 Å². The van der Waals surface area contributed by atoms with E-state index in [1.807, 2.05) is 43.3 Å². The Hall–Kier alpha value is -2.16. The number of carbonyl (C=O) groups excluding carboxylic acids is 1. The van der Waals surface area contributed by atoms with Gasteiger partial charge in [0.25, 0.3) is 5.91 Å². The van der Waals surface area contributed by atoms with Crippen molar-refractivity contribution in [3.63, 3.8) is 0 Å². The van der Waals surface area contributed by atoms with E-state index >= 15 is 0 Å². The molecular formula is C18H22N2O. The number of rotatable bonds is 3. The molecule has 0 aliphatic heterocycles. The number of carbonyl (C=O) groups is 1. The summed E-state index contributed by atoms with van der Waals surface area (Å²) in [6.07, 6.45) is 3.46. The first-order valence-electron chi connectivity index (χ1n) is 7.19. The highest BCUT2D eigenvalue weighted by molar-refractivity contribution is 5.94. The molecule has 3 nitrogen and oxygen atoms in total. The molecular weight excluding hydrogens is 260 g/mol. The third kappa shape index (κ3) is 3.91. The summed E-state index contributed by atoms with van der Waals surface area (Å²) in [4.78, 5) is 16.2. The minimum Gasteiger partial charge on any atom is -0.346 e. The Morgan fingerprint density at radius 1 is 1.05 bits per heavy atom. The first-order chi connectivity index (χ1) is 9.88. The van der Waals surface area contributed by atoms with Crippen LogP contribution in [-0.4, -0.2) is 10.9 Å². The number of aromatic nitrogens is 1. The van der Waals surface area contributed by atoms with E-state index in [0.717, 1.165) is 5.56 Å². The van der Waals surface area contributed by atoms with Crippen molar-refractivity contribution >= 4 is 5.91 Å². The lowest BCUT2D eigenvalue weighted by molar-refractivity contribution is 0.0940. The van der Waals surface area contributed by atoms with Crippen LogP contribution in [0.4, 0.5) is 0 Å². The zero-order valence-corrected chi connectivity index (χ0v) is 13.1. The first kappa shape index (κ1) is 15.2. The van der Waals surface area contributed by atoms with Gasteiger partial charge in [-0.05, 0) is 47.7 Å². The summed E-state index contributed by atoms with van der Waals surface area (Å²) >= 11 is 0. The Morgan fingerprint density at radius 3 is 2.14 bits per heavy atom. The molecule has 0 radical (unpaired) electrons. The number of nitrogens with one attached hydrogen (secondary N) is 1. The highest BCUT2D eigenvalue weighted by Crippen LogP contribution is 2.22. The second-order valence-electron chi connectivity index (χ2n) is 6.30. The van der Waals surface area contributed by atoms with E-state index in [0.29, 0.717) is 5.56 Å². The fourth-order valence-corrected chi connectivity index (χ4v) is 2.14. The molecule has 21 heavy (non-hydrogen) atoms. The summed E-state index contributed by atoms with van der Waals surface area (Å²) in [5, 5.41) is 3.00. The van der Waals surface area contributed by atoms with Crippen LogP contribution in [0, 0.1) is 0 Å². The second kappa shape index (κ2) is 6.08. The molecule has 2 aromatic rings. The van der Waals surface area contributed by atoms with E-state index in [4.69, 9.17) is 0 Å². The Bertz CT molecular complexity index is 597. The molecule has 3 heteroatoms. The summed E-state index contributed by atoms with van der Waals surface area (Å²) in [5.74, 6) is -0.0558. The average Bonchev–Trinajstić information content (AvgIpc) is 2.47. The maximum atomic E-state index is 12.3. The normalized spacial score (nSPS) is 12.8. The van der Waals surface area contributed by atoms with Crippen molar-refractivity contribution in [2.45, 2.75) is 39.2 Å². The molecule has 0 saturated heterocycles. The minimum atomic E-state index is -0.0558. The molecule has 1 N–H and O–H groups in total. The Labute approximate surface area is 126 Å². The number of hydrogen-bond donors (Lipinski definition) is 1. The van der Waals surface area contributed by atoms with E-state index in [1.165, 1.54) is 5.56 Å². The van der Waals surface area contributed by atoms with Crippen LogP contribution >= 0.6 is 0 Å². The van der Waals surface area contributed by atoms with E-state index in [2.05, 4.69) is 31.1 Å². The van der Waals surface area contributed by atoms with E-state index in [-0.39, 0.29) is 17.4 Å². The van der Waals surface area contributed by atoms with Crippen molar-refractivity contribution in [1.29, 1.82) is 0 Å². The molecule has 0 bridgehead atoms. The molecule has 0 aliphatic carbocycles. The van der Waals surface area contributed by atoms with Crippen LogP contribution in [-0.2, 0) is 5.41 Å². The molecule has 2 rings (SSSR count). The molecule has 1 amide bonds. The van der Waals surface area contributed by atoms with E-state index in [9.17, 15) is 4.79 Å². The Kier molecular flexibility index (Phi) is 4.41. The first-order valence-corrected chi connectivity index (χ1v) is 7.19. The fraction of sp³-hybridized carbons (Fsp3) is 0.333. The lowest BCUT2D eigenvalue weighted by atomic mass is 9.86. The monoisotopic (exact) mass is 282 g/mol. The van der Waals surface area contributed by atoms with Gasteiger partial charge in [-0.2, -0.15) is 0 Å². The van der Waals surface area contributed by atoms with Crippen LogP contribution in [0.25, 0.3) is 0 Å². The van der Waals surface area contributed by atoms with Crippen LogP contribution in [0.5, 0.6) is 0 Å². The molecule has 0 unspecified atom stereocenters. The van der Waals surface area contributed by atoms with Gasteiger partial charge in [0.2, 0.25) is 0 Å². The largest absolute Gasteiger partial charge is 0.346 e. The van der Waals surface area contributed by atoms with Crippen molar-refractivity contribution < 1.29 is 4.79 Å². The third-order valence-corrected chi connectivity index (χ3v) is 3.57. The topological polar surface area (TPSA) is 42.0 Å². The molecule has 0 saturated carbocycles. The summed E-state index contributed by atoms with van der Waals surface area (Å²) in [7, 11) is 0. The molecule has 1 aromatic heterocycles. The van der Waals surface area contributed by atoms with Crippen molar-refractivity contribution in [3.05, 3.63) is 65.5 Å². The molecule has 110 valence electrons. The van der Waals surface area contributed by atoms with Crippen LogP contribution < -0.4 is 5.32 Å². The molecule has 0 spiro atoms. The van der Waals surface area contributed by atoms with E-state index in [1.54, 1.807) is 12.4 Å². The minimum absolute atomic E-state index is 0.0391. The molecule has 0 fully saturated rings. The third-order valence-electron chi connectivity index (χ3n) is 3.57. The van der Waals surface area contributed by atoms with Gasteiger partial charge in [0.05, 0.1) is 6.04 Å². The van der Waals surface area contributed by atoms with Crippen molar-refractivity contribution in [1.82, 2.24) is 10.3 Å². The Morgan fingerprint density at radius 2 is 1.62 bits per heavy atom. The SMILES string of the molecule is C[C@@H](NC(=O)c1ccc(C(C)(C)C)cc1)c1ccncc1. The van der Waals surface area contributed by atoms with Gasteiger partial charge in [0.1, 0.15) is 0 Å². The highest BCUT2D eigenvalue weighted by atomic mass is 16.1. The quantitative estimate of drug-likeness (QED) is 0.928. The lowest BCUT2D eigenvalue weighted by Crippen LogP contribution is -2.26. The van der Waals surface area contributed by atoms with Gasteiger partial charge in [-0.1, -0.05) is 32.9 Å². The van der Waals surface area contributed by atoms with Gasteiger partial charge in [-0.15, -0.1) is 0 Å². The van der Waals surface area contributed by atoms with Crippen LogP contribution in [0.2, 0.25) is 0 Å². The van der Waals surface area contributed by atoms with Gasteiger partial charge >= 0.3 is 0 Å². The number of benzene rings is 1. The molecule has 1 aromatic carbocycles. The van der Waals surface area contributed by atoms with Crippen molar-refractivity contribution in [2.24, 2.45) is 0 Å². The second-order valence-corrected chi connectivity index (χ2v) is 6.30. The number of pyridine rings is 1. The van der Waals surface area contributed by atoms with Crippen molar-refractivity contribution in [2.75, 3.05) is 0 Å². The van der Waals surface area contributed by atoms with Crippen LogP contribution in [0.15, 0.2) is 48.8 Å². The van der Waals surface area contributed by atoms with Gasteiger partial charge < -0.3 is 5.32 Å². The fourth-order valence-electron chi connectivity index (χ4n) is 2.14. The zero-order valence-electron chi connectivity index (χ0n) is 13.1. The van der Waals surface area contributed by atoms with Gasteiger partial charge in [0, 0.05) is 18.0 Å². The molecule has 1 heterocycles. The smallest absolute Gasteiger partial charge is 0.251 e. The maximum Gasteiger partial charge on any atom is 0.251 e. The predicted octanol–water partition coefficient (Wildman–Crippen LogP) is 3.87. The summed E-state index contributed by atoms with van der Waals surface area (Å²) in [6, 6.07) is 11.6. The maximum absolute atomic E-state index is 12.3. The van der Waals surface area contributed by atoms with Crippen molar-refractivity contribution in [3.8, 4) is 0 Å². The Balaban J connectivity index is 2.07. The van der Waals surface area contributed by atoms with Gasteiger partial charge in [0.15, 0.2) is 0 Å². The molecule has 0 aliphatic rings. The zero-order chi connectivity index (χ0) is 15.5. The summed E-state index contributed by atoms with van der Waals surface area (Å²) in [5.41, 5.74) is 3.05. The van der Waals surface area contributed by atoms with Gasteiger partial charge in [-0.3, -0.25) is 9.78 Å². The predicted molar refractivity (Wildman–Crippen MR) is 85.3 cm³/mol. The van der Waals surface area contributed by atoms with Crippen LogP contribution in [0.1, 0.15) is 55.2 Å². The lowest BCUT2D eigenvalue weighted by Gasteiger charge is -2.19. The van der Waals surface area contributed by atoms with Crippen LogP contribution in [0.3, 0.4) is 0 Å². The number of amides is 1. The molecule has 1 atom stereocenters. The summed E-state index contributed by atoms with van der Waals surface area (Å²) < 4.78 is 0. The number of nitrogens with zero attached hydrogens (tertiary/aromatic N) is 1. The number of hydrogen-bond acceptors (Lipinski definition) is 2. The van der Waals surface area contributed by atoms with Gasteiger partial charge in [-0.25, -0.2) is 0 Å². The highest BCUT2D eigenvalue weighted by Gasteiger charge is 2.15.